The lowest BCUT2D eigenvalue weighted by Gasteiger charge is -2.07. The molecule has 3 N–H and O–H groups in total. The highest BCUT2D eigenvalue weighted by molar-refractivity contribution is 5.75. The molecule has 0 saturated carbocycles. The van der Waals surface area contributed by atoms with Crippen LogP contribution in [0.4, 0.5) is 26.1 Å². The van der Waals surface area contributed by atoms with Crippen LogP contribution in [0.2, 0.25) is 0 Å². The monoisotopic (exact) mass is 264 g/mol. The van der Waals surface area contributed by atoms with Gasteiger partial charge in [0.2, 0.25) is 11.3 Å². The van der Waals surface area contributed by atoms with Crippen molar-refractivity contribution in [2.45, 2.75) is 0 Å². The fourth-order valence-electron chi connectivity index (χ4n) is 1.46. The Morgan fingerprint density at radius 1 is 1.11 bits per heavy atom. The summed E-state index contributed by atoms with van der Waals surface area (Å²) in [6.07, 6.45) is 0. The van der Waals surface area contributed by atoms with Gasteiger partial charge in [-0.15, -0.1) is 0 Å². The van der Waals surface area contributed by atoms with Crippen LogP contribution in [0.15, 0.2) is 22.8 Å². The summed E-state index contributed by atoms with van der Waals surface area (Å²) in [5.74, 6) is -1.39. The largest absolute Gasteiger partial charge is 0.381 e. The third-order valence-corrected chi connectivity index (χ3v) is 2.33. The van der Waals surface area contributed by atoms with Crippen molar-refractivity contribution in [3.8, 4) is 0 Å². The molecular weight excluding hydrogens is 258 g/mol. The molecule has 2 heterocycles. The van der Waals surface area contributed by atoms with Crippen molar-refractivity contribution in [2.75, 3.05) is 11.1 Å². The van der Waals surface area contributed by atoms with E-state index in [1.54, 1.807) is 0 Å². The van der Waals surface area contributed by atoms with Gasteiger partial charge in [0.1, 0.15) is 11.6 Å². The second kappa shape index (κ2) is 4.12. The van der Waals surface area contributed by atoms with Crippen molar-refractivity contribution in [1.82, 2.24) is 20.3 Å². The highest BCUT2D eigenvalue weighted by atomic mass is 19.1. The zero-order chi connectivity index (χ0) is 13.4. The van der Waals surface area contributed by atoms with Gasteiger partial charge >= 0.3 is 0 Å². The van der Waals surface area contributed by atoms with Crippen LogP contribution in [0.1, 0.15) is 0 Å². The SMILES string of the molecule is Nc1nc2nonc2nc1Nc1ccc(F)cc1F. The maximum absolute atomic E-state index is 13.5. The van der Waals surface area contributed by atoms with Crippen LogP contribution >= 0.6 is 0 Å². The number of hydrogen-bond acceptors (Lipinski definition) is 7. The molecule has 0 fully saturated rings. The van der Waals surface area contributed by atoms with E-state index in [9.17, 15) is 8.78 Å². The predicted molar refractivity (Wildman–Crippen MR) is 61.4 cm³/mol. The molecule has 0 amide bonds. The first-order chi connectivity index (χ1) is 9.13. The minimum absolute atomic E-state index is 0.00748. The van der Waals surface area contributed by atoms with Crippen LogP contribution in [0.5, 0.6) is 0 Å². The molecule has 0 bridgehead atoms. The van der Waals surface area contributed by atoms with Gasteiger partial charge in [0, 0.05) is 6.07 Å². The molecule has 9 heteroatoms. The highest BCUT2D eigenvalue weighted by Gasteiger charge is 2.12. The van der Waals surface area contributed by atoms with E-state index >= 15 is 0 Å². The van der Waals surface area contributed by atoms with Gasteiger partial charge in [0.15, 0.2) is 11.6 Å². The standard InChI is InChI=1S/C10H6F2N6O/c11-4-1-2-6(5(12)3-4)14-8-7(13)15-9-10(16-8)18-19-17-9/h1-3H,(H2,13,15,17)(H,14,16,18). The summed E-state index contributed by atoms with van der Waals surface area (Å²) in [6, 6.07) is 3.06. The maximum atomic E-state index is 13.5. The topological polar surface area (TPSA) is 103 Å². The molecule has 0 aliphatic rings. The number of fused-ring (bicyclic) bond motifs is 1. The molecule has 0 atom stereocenters. The number of rotatable bonds is 2. The summed E-state index contributed by atoms with van der Waals surface area (Å²) in [6.45, 7) is 0. The zero-order valence-corrected chi connectivity index (χ0v) is 9.26. The number of nitrogens with two attached hydrogens (primary N) is 1. The van der Waals surface area contributed by atoms with Gasteiger partial charge in [-0.05, 0) is 22.4 Å². The van der Waals surface area contributed by atoms with Crippen molar-refractivity contribution in [3.63, 3.8) is 0 Å². The van der Waals surface area contributed by atoms with Gasteiger partial charge in [-0.3, -0.25) is 0 Å². The lowest BCUT2D eigenvalue weighted by Crippen LogP contribution is -2.03. The Labute approximate surface area is 104 Å². The number of hydrogen-bond donors (Lipinski definition) is 2. The van der Waals surface area contributed by atoms with E-state index in [4.69, 9.17) is 5.73 Å². The first-order valence-electron chi connectivity index (χ1n) is 5.11. The molecule has 96 valence electrons. The molecule has 0 aliphatic heterocycles. The second-order valence-electron chi connectivity index (χ2n) is 3.62. The third-order valence-electron chi connectivity index (χ3n) is 2.33. The minimum atomic E-state index is -0.778. The Morgan fingerprint density at radius 2 is 1.84 bits per heavy atom. The molecular formula is C10H6F2N6O. The van der Waals surface area contributed by atoms with Crippen molar-refractivity contribution in [1.29, 1.82) is 0 Å². The van der Waals surface area contributed by atoms with Crippen LogP contribution in [0.3, 0.4) is 0 Å². The first kappa shape index (κ1) is 11.3. The summed E-state index contributed by atoms with van der Waals surface area (Å²) < 4.78 is 30.7. The molecule has 0 spiro atoms. The number of benzene rings is 1. The van der Waals surface area contributed by atoms with E-state index in [1.165, 1.54) is 6.07 Å². The van der Waals surface area contributed by atoms with E-state index in [0.29, 0.717) is 0 Å². The number of nitrogens with zero attached hydrogens (tertiary/aromatic N) is 4. The Morgan fingerprint density at radius 3 is 2.58 bits per heavy atom. The number of anilines is 3. The zero-order valence-electron chi connectivity index (χ0n) is 9.26. The van der Waals surface area contributed by atoms with Gasteiger partial charge in [-0.25, -0.2) is 23.4 Å². The van der Waals surface area contributed by atoms with Crippen LogP contribution in [0.25, 0.3) is 11.3 Å². The van der Waals surface area contributed by atoms with Gasteiger partial charge < -0.3 is 11.1 Å². The second-order valence-corrected chi connectivity index (χ2v) is 3.62. The molecule has 0 radical (unpaired) electrons. The molecule has 0 aliphatic carbocycles. The predicted octanol–water partition coefficient (Wildman–Crippen LogP) is 1.62. The fourth-order valence-corrected chi connectivity index (χ4v) is 1.46. The lowest BCUT2D eigenvalue weighted by atomic mass is 10.3. The summed E-state index contributed by atoms with van der Waals surface area (Å²) in [7, 11) is 0. The molecule has 0 saturated heterocycles. The number of nitrogens with one attached hydrogen (secondary N) is 1. The molecule has 3 rings (SSSR count). The number of aromatic nitrogens is 4. The van der Waals surface area contributed by atoms with Crippen LogP contribution < -0.4 is 11.1 Å². The average molecular weight is 264 g/mol. The summed E-state index contributed by atoms with van der Waals surface area (Å²) in [5.41, 5.74) is 5.91. The van der Waals surface area contributed by atoms with Crippen molar-refractivity contribution in [2.24, 2.45) is 0 Å². The number of nitrogen functional groups attached to an aromatic ring is 1. The van der Waals surface area contributed by atoms with Gasteiger partial charge in [0.05, 0.1) is 5.69 Å². The molecule has 2 aromatic heterocycles. The smallest absolute Gasteiger partial charge is 0.245 e. The van der Waals surface area contributed by atoms with Crippen LogP contribution in [-0.2, 0) is 0 Å². The van der Waals surface area contributed by atoms with Gasteiger partial charge in [-0.1, -0.05) is 0 Å². The average Bonchev–Trinajstić information content (AvgIpc) is 2.80. The van der Waals surface area contributed by atoms with Crippen LogP contribution in [0, 0.1) is 11.6 Å². The lowest BCUT2D eigenvalue weighted by molar-refractivity contribution is 0.314. The van der Waals surface area contributed by atoms with E-state index in [0.717, 1.165) is 12.1 Å². The molecule has 3 aromatic rings. The van der Waals surface area contributed by atoms with E-state index in [-0.39, 0.29) is 28.6 Å². The Balaban J connectivity index is 2.02. The molecule has 0 unspecified atom stereocenters. The molecule has 1 aromatic carbocycles. The molecule has 7 nitrogen and oxygen atoms in total. The molecule has 19 heavy (non-hydrogen) atoms. The van der Waals surface area contributed by atoms with Gasteiger partial charge in [-0.2, -0.15) is 0 Å². The highest BCUT2D eigenvalue weighted by Crippen LogP contribution is 2.23. The summed E-state index contributed by atoms with van der Waals surface area (Å²) in [5, 5.41) is 9.56. The van der Waals surface area contributed by atoms with E-state index in [1.807, 2.05) is 0 Å². The fraction of sp³-hybridized carbons (Fsp3) is 0. The Kier molecular flexibility index (Phi) is 2.44. The quantitative estimate of drug-likeness (QED) is 0.724. The Hall–Kier alpha value is -2.84. The summed E-state index contributed by atoms with van der Waals surface area (Å²) >= 11 is 0. The van der Waals surface area contributed by atoms with Crippen molar-refractivity contribution >= 4 is 28.6 Å². The third kappa shape index (κ3) is 2.01. The minimum Gasteiger partial charge on any atom is -0.381 e. The summed E-state index contributed by atoms with van der Waals surface area (Å²) in [4.78, 5) is 7.84. The maximum Gasteiger partial charge on any atom is 0.245 e. The van der Waals surface area contributed by atoms with E-state index < -0.39 is 11.6 Å². The van der Waals surface area contributed by atoms with E-state index in [2.05, 4.69) is 30.2 Å². The normalized spacial score (nSPS) is 10.8. The number of halogens is 2. The van der Waals surface area contributed by atoms with Crippen LogP contribution in [-0.4, -0.2) is 20.3 Å². The first-order valence-corrected chi connectivity index (χ1v) is 5.11. The van der Waals surface area contributed by atoms with Crippen molar-refractivity contribution < 1.29 is 13.4 Å². The van der Waals surface area contributed by atoms with Crippen molar-refractivity contribution in [3.05, 3.63) is 29.8 Å². The Bertz CT molecular complexity index is 759. The van der Waals surface area contributed by atoms with Gasteiger partial charge in [0.25, 0.3) is 0 Å².